The van der Waals surface area contributed by atoms with E-state index in [0.717, 1.165) is 11.1 Å². The normalized spacial score (nSPS) is 13.0. The zero-order valence-corrected chi connectivity index (χ0v) is 18.8. The highest BCUT2D eigenvalue weighted by atomic mass is 32.2. The molecular weight excluding hydrogens is 420 g/mol. The third-order valence-electron chi connectivity index (χ3n) is 4.80. The van der Waals surface area contributed by atoms with Crippen LogP contribution in [0.5, 0.6) is 0 Å². The SMILES string of the molecule is CCn1c(SCC(=O)NC(c2ccccc2)C(C)C)nc2cc(S(N)(=O)=O)ccc21. The molecular formula is C21H26N4O3S2. The fourth-order valence-electron chi connectivity index (χ4n) is 3.32. The molecule has 30 heavy (non-hydrogen) atoms. The van der Waals surface area contributed by atoms with Crippen LogP contribution in [0.4, 0.5) is 0 Å². The fourth-order valence-corrected chi connectivity index (χ4v) is 4.74. The Balaban J connectivity index is 1.76. The zero-order valence-electron chi connectivity index (χ0n) is 17.2. The third-order valence-corrected chi connectivity index (χ3v) is 6.69. The highest BCUT2D eigenvalue weighted by molar-refractivity contribution is 7.99. The smallest absolute Gasteiger partial charge is 0.238 e. The maximum atomic E-state index is 12.6. The molecule has 0 aliphatic rings. The van der Waals surface area contributed by atoms with Gasteiger partial charge >= 0.3 is 0 Å². The number of carbonyl (C=O) groups excluding carboxylic acids is 1. The number of aryl methyl sites for hydroxylation is 1. The van der Waals surface area contributed by atoms with Gasteiger partial charge in [-0.3, -0.25) is 4.79 Å². The molecule has 0 aliphatic heterocycles. The highest BCUT2D eigenvalue weighted by Crippen LogP contribution is 2.27. The number of hydrogen-bond donors (Lipinski definition) is 2. The summed E-state index contributed by atoms with van der Waals surface area (Å²) in [7, 11) is -3.80. The van der Waals surface area contributed by atoms with Crippen LogP contribution >= 0.6 is 11.8 Å². The second-order valence-corrected chi connectivity index (χ2v) is 9.83. The molecule has 0 bridgehead atoms. The number of aromatic nitrogens is 2. The summed E-state index contributed by atoms with van der Waals surface area (Å²) >= 11 is 1.33. The first-order valence-corrected chi connectivity index (χ1v) is 12.2. The van der Waals surface area contributed by atoms with Crippen molar-refractivity contribution in [1.82, 2.24) is 14.9 Å². The van der Waals surface area contributed by atoms with E-state index in [4.69, 9.17) is 5.14 Å². The number of nitrogens with one attached hydrogen (secondary N) is 1. The molecule has 1 unspecified atom stereocenters. The Kier molecular flexibility index (Phi) is 6.84. The first kappa shape index (κ1) is 22.3. The quantitative estimate of drug-likeness (QED) is 0.516. The van der Waals surface area contributed by atoms with Gasteiger partial charge in [0.1, 0.15) is 0 Å². The summed E-state index contributed by atoms with van der Waals surface area (Å²) < 4.78 is 25.2. The molecule has 7 nitrogen and oxygen atoms in total. The van der Waals surface area contributed by atoms with E-state index >= 15 is 0 Å². The van der Waals surface area contributed by atoms with E-state index in [0.29, 0.717) is 17.2 Å². The minimum absolute atomic E-state index is 0.0210. The van der Waals surface area contributed by atoms with E-state index in [1.165, 1.54) is 23.9 Å². The second-order valence-electron chi connectivity index (χ2n) is 7.32. The lowest BCUT2D eigenvalue weighted by Gasteiger charge is -2.22. The fraction of sp³-hybridized carbons (Fsp3) is 0.333. The molecule has 1 amide bonds. The van der Waals surface area contributed by atoms with Gasteiger partial charge in [0.05, 0.1) is 27.7 Å². The number of rotatable bonds is 8. The molecule has 0 radical (unpaired) electrons. The molecule has 9 heteroatoms. The molecule has 3 N–H and O–H groups in total. The van der Waals surface area contributed by atoms with Crippen molar-refractivity contribution < 1.29 is 13.2 Å². The predicted molar refractivity (Wildman–Crippen MR) is 120 cm³/mol. The molecule has 0 saturated heterocycles. The molecule has 1 atom stereocenters. The molecule has 160 valence electrons. The molecule has 0 saturated carbocycles. The number of nitrogens with zero attached hydrogens (tertiary/aromatic N) is 2. The van der Waals surface area contributed by atoms with Crippen LogP contribution in [0.3, 0.4) is 0 Å². The van der Waals surface area contributed by atoms with Crippen LogP contribution in [0.15, 0.2) is 58.6 Å². The van der Waals surface area contributed by atoms with E-state index in [9.17, 15) is 13.2 Å². The van der Waals surface area contributed by atoms with E-state index in [-0.39, 0.29) is 28.5 Å². The highest BCUT2D eigenvalue weighted by Gasteiger charge is 2.20. The Hall–Kier alpha value is -2.36. The number of imidazole rings is 1. The number of primary sulfonamides is 1. The number of amides is 1. The van der Waals surface area contributed by atoms with Crippen LogP contribution in [-0.4, -0.2) is 29.6 Å². The third kappa shape index (κ3) is 5.03. The number of sulfonamides is 1. The topological polar surface area (TPSA) is 107 Å². The lowest BCUT2D eigenvalue weighted by Crippen LogP contribution is -2.33. The van der Waals surface area contributed by atoms with Gasteiger partial charge in [-0.1, -0.05) is 55.9 Å². The Morgan fingerprint density at radius 3 is 2.50 bits per heavy atom. The van der Waals surface area contributed by atoms with Crippen molar-refractivity contribution in [2.45, 2.75) is 43.4 Å². The monoisotopic (exact) mass is 446 g/mol. The minimum Gasteiger partial charge on any atom is -0.348 e. The molecule has 0 fully saturated rings. The molecule has 0 spiro atoms. The molecule has 0 aliphatic carbocycles. The zero-order chi connectivity index (χ0) is 21.9. The van der Waals surface area contributed by atoms with Crippen LogP contribution in [0.1, 0.15) is 32.4 Å². The average Bonchev–Trinajstić information content (AvgIpc) is 3.07. The number of thioether (sulfide) groups is 1. The van der Waals surface area contributed by atoms with Gasteiger partial charge in [0, 0.05) is 6.54 Å². The summed E-state index contributed by atoms with van der Waals surface area (Å²) in [6.45, 7) is 6.77. The summed E-state index contributed by atoms with van der Waals surface area (Å²) in [6, 6.07) is 14.5. The second kappa shape index (κ2) is 9.20. The summed E-state index contributed by atoms with van der Waals surface area (Å²) in [5.74, 6) is 0.377. The first-order chi connectivity index (χ1) is 14.2. The van der Waals surface area contributed by atoms with E-state index < -0.39 is 10.0 Å². The summed E-state index contributed by atoms with van der Waals surface area (Å²) in [5, 5.41) is 8.99. The summed E-state index contributed by atoms with van der Waals surface area (Å²) in [6.07, 6.45) is 0. The van der Waals surface area contributed by atoms with Crippen molar-refractivity contribution >= 4 is 38.7 Å². The number of hydrogen-bond acceptors (Lipinski definition) is 5. The van der Waals surface area contributed by atoms with Crippen LogP contribution in [0, 0.1) is 5.92 Å². The van der Waals surface area contributed by atoms with E-state index in [1.54, 1.807) is 6.07 Å². The molecule has 3 aromatic rings. The molecule has 1 heterocycles. The van der Waals surface area contributed by atoms with Gasteiger partial charge in [0.2, 0.25) is 15.9 Å². The largest absolute Gasteiger partial charge is 0.348 e. The lowest BCUT2D eigenvalue weighted by molar-refractivity contribution is -0.119. The van der Waals surface area contributed by atoms with Gasteiger partial charge < -0.3 is 9.88 Å². The first-order valence-electron chi connectivity index (χ1n) is 9.71. The number of carbonyl (C=O) groups is 1. The number of benzene rings is 2. The van der Waals surface area contributed by atoms with Crippen LogP contribution in [0.25, 0.3) is 11.0 Å². The number of fused-ring (bicyclic) bond motifs is 1. The van der Waals surface area contributed by atoms with Crippen molar-refractivity contribution in [3.63, 3.8) is 0 Å². The van der Waals surface area contributed by atoms with Crippen molar-refractivity contribution in [2.24, 2.45) is 11.1 Å². The lowest BCUT2D eigenvalue weighted by atomic mass is 9.96. The van der Waals surface area contributed by atoms with Gasteiger partial charge in [0.15, 0.2) is 5.16 Å². The van der Waals surface area contributed by atoms with Crippen molar-refractivity contribution in [3.05, 3.63) is 54.1 Å². The standard InChI is InChI=1S/C21H26N4O3S2/c1-4-25-18-11-10-16(30(22,27)28)12-17(18)23-21(25)29-13-19(26)24-20(14(2)3)15-8-6-5-7-9-15/h5-12,14,20H,4,13H2,1-3H3,(H,24,26)(H2,22,27,28). The van der Waals surface area contributed by atoms with Gasteiger partial charge in [0.25, 0.3) is 0 Å². The van der Waals surface area contributed by atoms with Crippen molar-refractivity contribution in [3.8, 4) is 0 Å². The van der Waals surface area contributed by atoms with Crippen molar-refractivity contribution in [1.29, 1.82) is 0 Å². The van der Waals surface area contributed by atoms with E-state index in [1.807, 2.05) is 41.8 Å². The van der Waals surface area contributed by atoms with Gasteiger partial charge in [-0.25, -0.2) is 18.5 Å². The molecule has 3 rings (SSSR count). The average molecular weight is 447 g/mol. The Labute approximate surface area is 181 Å². The number of nitrogens with two attached hydrogens (primary N) is 1. The van der Waals surface area contributed by atoms with Crippen LogP contribution < -0.4 is 10.5 Å². The van der Waals surface area contributed by atoms with Gasteiger partial charge in [-0.2, -0.15) is 0 Å². The van der Waals surface area contributed by atoms with Gasteiger partial charge in [-0.15, -0.1) is 0 Å². The summed E-state index contributed by atoms with van der Waals surface area (Å²) in [5.41, 5.74) is 2.41. The van der Waals surface area contributed by atoms with Gasteiger partial charge in [-0.05, 0) is 36.6 Å². The summed E-state index contributed by atoms with van der Waals surface area (Å²) in [4.78, 5) is 17.2. The maximum Gasteiger partial charge on any atom is 0.238 e. The Bertz CT molecular complexity index is 1140. The predicted octanol–water partition coefficient (Wildman–Crippen LogP) is 3.31. The van der Waals surface area contributed by atoms with E-state index in [2.05, 4.69) is 24.1 Å². The minimum atomic E-state index is -3.80. The van der Waals surface area contributed by atoms with Crippen LogP contribution in [-0.2, 0) is 21.4 Å². The Morgan fingerprint density at radius 2 is 1.90 bits per heavy atom. The molecule has 2 aromatic carbocycles. The molecule has 1 aromatic heterocycles. The van der Waals surface area contributed by atoms with Crippen molar-refractivity contribution in [2.75, 3.05) is 5.75 Å². The maximum absolute atomic E-state index is 12.6. The van der Waals surface area contributed by atoms with Crippen LogP contribution in [0.2, 0.25) is 0 Å². The Morgan fingerprint density at radius 1 is 1.20 bits per heavy atom.